The Balaban J connectivity index is 3.06. The van der Waals surface area contributed by atoms with E-state index in [1.165, 1.54) is 12.0 Å². The third kappa shape index (κ3) is 3.21. The number of carbonyl (C=O) groups is 2. The maximum absolute atomic E-state index is 11.6. The van der Waals surface area contributed by atoms with Crippen LogP contribution in [-0.4, -0.2) is 38.1 Å². The largest absolute Gasteiger partial charge is 0.465 e. The summed E-state index contributed by atoms with van der Waals surface area (Å²) in [5.74, 6) is -0.470. The first-order valence-electron chi connectivity index (χ1n) is 5.13. The van der Waals surface area contributed by atoms with Crippen molar-refractivity contribution in [3.8, 4) is 0 Å². The number of ether oxygens (including phenoxy) is 1. The minimum absolute atomic E-state index is 0.293. The van der Waals surface area contributed by atoms with Gasteiger partial charge >= 0.3 is 12.0 Å². The second-order valence-corrected chi connectivity index (χ2v) is 3.87. The molecule has 0 saturated heterocycles. The Labute approximate surface area is 100 Å². The Bertz CT molecular complexity index is 441. The highest BCUT2D eigenvalue weighted by molar-refractivity contribution is 6.00. The first-order chi connectivity index (χ1) is 7.95. The Morgan fingerprint density at radius 1 is 1.29 bits per heavy atom. The van der Waals surface area contributed by atoms with Gasteiger partial charge in [0.05, 0.1) is 18.4 Å². The summed E-state index contributed by atoms with van der Waals surface area (Å²) in [6.45, 7) is 1.87. The summed E-state index contributed by atoms with van der Waals surface area (Å²) in [5.41, 5.74) is 1.72. The van der Waals surface area contributed by atoms with Crippen LogP contribution in [0.5, 0.6) is 0 Å². The van der Waals surface area contributed by atoms with Crippen LogP contribution in [-0.2, 0) is 4.74 Å². The quantitative estimate of drug-likeness (QED) is 0.797. The smallest absolute Gasteiger partial charge is 0.339 e. The lowest BCUT2D eigenvalue weighted by Crippen LogP contribution is -2.28. The molecule has 17 heavy (non-hydrogen) atoms. The lowest BCUT2D eigenvalue weighted by atomic mass is 10.1. The molecule has 1 aromatic carbocycles. The normalized spacial score (nSPS) is 9.65. The number of carbonyl (C=O) groups excluding carboxylic acids is 2. The molecule has 0 aliphatic heterocycles. The van der Waals surface area contributed by atoms with Gasteiger partial charge in [0.15, 0.2) is 0 Å². The molecule has 0 aliphatic rings. The van der Waals surface area contributed by atoms with Crippen LogP contribution in [0.4, 0.5) is 10.5 Å². The van der Waals surface area contributed by atoms with Crippen LogP contribution >= 0.6 is 0 Å². The minimum atomic E-state index is -0.470. The Morgan fingerprint density at radius 2 is 1.94 bits per heavy atom. The van der Waals surface area contributed by atoms with E-state index in [1.54, 1.807) is 26.2 Å². The average molecular weight is 236 g/mol. The number of esters is 1. The summed E-state index contributed by atoms with van der Waals surface area (Å²) in [5, 5.41) is 2.64. The van der Waals surface area contributed by atoms with Gasteiger partial charge in [0.1, 0.15) is 0 Å². The van der Waals surface area contributed by atoms with Crippen molar-refractivity contribution in [2.24, 2.45) is 0 Å². The molecule has 0 radical (unpaired) electrons. The number of anilines is 1. The van der Waals surface area contributed by atoms with Crippen LogP contribution in [0.25, 0.3) is 0 Å². The Kier molecular flexibility index (Phi) is 4.09. The van der Waals surface area contributed by atoms with Gasteiger partial charge in [-0.1, -0.05) is 11.6 Å². The van der Waals surface area contributed by atoms with E-state index < -0.39 is 5.97 Å². The first kappa shape index (κ1) is 13.0. The van der Waals surface area contributed by atoms with Gasteiger partial charge in [-0.05, 0) is 19.1 Å². The van der Waals surface area contributed by atoms with Gasteiger partial charge in [-0.2, -0.15) is 0 Å². The van der Waals surface area contributed by atoms with Crippen molar-refractivity contribution in [1.29, 1.82) is 0 Å². The zero-order valence-electron chi connectivity index (χ0n) is 10.4. The average Bonchev–Trinajstić information content (AvgIpc) is 2.30. The number of hydrogen-bond donors (Lipinski definition) is 1. The third-order valence-electron chi connectivity index (χ3n) is 2.23. The fourth-order valence-electron chi connectivity index (χ4n) is 1.27. The van der Waals surface area contributed by atoms with Gasteiger partial charge in [-0.15, -0.1) is 0 Å². The fraction of sp³-hybridized carbons (Fsp3) is 0.333. The molecule has 0 saturated carbocycles. The number of amides is 2. The molecule has 0 aliphatic carbocycles. The highest BCUT2D eigenvalue weighted by Crippen LogP contribution is 2.18. The number of urea groups is 1. The van der Waals surface area contributed by atoms with Crippen LogP contribution in [0.2, 0.25) is 0 Å². The third-order valence-corrected chi connectivity index (χ3v) is 2.23. The van der Waals surface area contributed by atoms with Gasteiger partial charge < -0.3 is 15.0 Å². The lowest BCUT2D eigenvalue weighted by Gasteiger charge is -2.14. The zero-order chi connectivity index (χ0) is 13.0. The molecule has 0 unspecified atom stereocenters. The van der Waals surface area contributed by atoms with Gasteiger partial charge in [0, 0.05) is 14.1 Å². The maximum Gasteiger partial charge on any atom is 0.339 e. The lowest BCUT2D eigenvalue weighted by molar-refractivity contribution is 0.0602. The molecular formula is C12H16N2O3. The van der Waals surface area contributed by atoms with Crippen LogP contribution in [0.1, 0.15) is 15.9 Å². The molecule has 2 amide bonds. The van der Waals surface area contributed by atoms with Crippen molar-refractivity contribution >= 4 is 17.7 Å². The Morgan fingerprint density at radius 3 is 2.47 bits per heavy atom. The monoisotopic (exact) mass is 236 g/mol. The number of hydrogen-bond acceptors (Lipinski definition) is 3. The molecule has 0 aromatic heterocycles. The van der Waals surface area contributed by atoms with Crippen molar-refractivity contribution in [1.82, 2.24) is 4.90 Å². The van der Waals surface area contributed by atoms with Crippen LogP contribution < -0.4 is 5.32 Å². The molecule has 0 heterocycles. The molecule has 0 bridgehead atoms. The summed E-state index contributed by atoms with van der Waals surface area (Å²) in [6, 6.07) is 4.89. The predicted octanol–water partition coefficient (Wildman–Crippen LogP) is 1.88. The minimum Gasteiger partial charge on any atom is -0.465 e. The van der Waals surface area contributed by atoms with E-state index in [4.69, 9.17) is 0 Å². The number of aryl methyl sites for hydroxylation is 1. The summed E-state index contributed by atoms with van der Waals surface area (Å²) in [7, 11) is 4.56. The van der Waals surface area contributed by atoms with E-state index in [2.05, 4.69) is 10.1 Å². The first-order valence-corrected chi connectivity index (χ1v) is 5.13. The van der Waals surface area contributed by atoms with E-state index >= 15 is 0 Å². The molecular weight excluding hydrogens is 220 g/mol. The zero-order valence-corrected chi connectivity index (χ0v) is 10.4. The van der Waals surface area contributed by atoms with E-state index in [9.17, 15) is 9.59 Å². The number of methoxy groups -OCH3 is 1. The number of rotatable bonds is 2. The maximum atomic E-state index is 11.6. The SMILES string of the molecule is COC(=O)c1cc(C)ccc1NC(=O)N(C)C. The predicted molar refractivity (Wildman–Crippen MR) is 65.2 cm³/mol. The van der Waals surface area contributed by atoms with E-state index in [0.29, 0.717) is 11.3 Å². The topological polar surface area (TPSA) is 58.6 Å². The fourth-order valence-corrected chi connectivity index (χ4v) is 1.27. The molecule has 92 valence electrons. The van der Waals surface area contributed by atoms with Crippen molar-refractivity contribution in [3.05, 3.63) is 29.3 Å². The van der Waals surface area contributed by atoms with Gasteiger partial charge in [-0.25, -0.2) is 9.59 Å². The van der Waals surface area contributed by atoms with Crippen molar-refractivity contribution < 1.29 is 14.3 Å². The van der Waals surface area contributed by atoms with E-state index in [0.717, 1.165) is 5.56 Å². The van der Waals surface area contributed by atoms with Crippen LogP contribution in [0, 0.1) is 6.92 Å². The van der Waals surface area contributed by atoms with Crippen molar-refractivity contribution in [2.45, 2.75) is 6.92 Å². The number of nitrogens with zero attached hydrogens (tertiary/aromatic N) is 1. The Hall–Kier alpha value is -2.04. The molecule has 0 fully saturated rings. The molecule has 0 atom stereocenters. The highest BCUT2D eigenvalue weighted by atomic mass is 16.5. The van der Waals surface area contributed by atoms with Gasteiger partial charge in [-0.3, -0.25) is 0 Å². The van der Waals surface area contributed by atoms with Crippen LogP contribution in [0.15, 0.2) is 18.2 Å². The van der Waals surface area contributed by atoms with Crippen molar-refractivity contribution in [2.75, 3.05) is 26.5 Å². The van der Waals surface area contributed by atoms with Crippen LogP contribution in [0.3, 0.4) is 0 Å². The van der Waals surface area contributed by atoms with E-state index in [1.807, 2.05) is 13.0 Å². The van der Waals surface area contributed by atoms with E-state index in [-0.39, 0.29) is 6.03 Å². The standard InChI is InChI=1S/C12H16N2O3/c1-8-5-6-10(13-12(16)14(2)3)9(7-8)11(15)17-4/h5-7H,1-4H3,(H,13,16). The summed E-state index contributed by atoms with van der Waals surface area (Å²) in [4.78, 5) is 24.5. The van der Waals surface area contributed by atoms with Crippen molar-refractivity contribution in [3.63, 3.8) is 0 Å². The second-order valence-electron chi connectivity index (χ2n) is 3.87. The summed E-state index contributed by atoms with van der Waals surface area (Å²) in [6.07, 6.45) is 0. The summed E-state index contributed by atoms with van der Waals surface area (Å²) < 4.78 is 4.67. The second kappa shape index (κ2) is 5.34. The molecule has 1 rings (SSSR count). The highest BCUT2D eigenvalue weighted by Gasteiger charge is 2.14. The van der Waals surface area contributed by atoms with Gasteiger partial charge in [0.25, 0.3) is 0 Å². The molecule has 0 spiro atoms. The molecule has 5 heteroatoms. The number of nitrogens with one attached hydrogen (secondary N) is 1. The molecule has 1 aromatic rings. The van der Waals surface area contributed by atoms with Gasteiger partial charge in [0.2, 0.25) is 0 Å². The summed E-state index contributed by atoms with van der Waals surface area (Å²) >= 11 is 0. The molecule has 1 N–H and O–H groups in total. The number of benzene rings is 1. The molecule has 5 nitrogen and oxygen atoms in total.